The van der Waals surface area contributed by atoms with Crippen LogP contribution in [0.2, 0.25) is 0 Å². The van der Waals surface area contributed by atoms with E-state index in [1.807, 2.05) is 7.05 Å². The van der Waals surface area contributed by atoms with Crippen LogP contribution < -0.4 is 5.32 Å². The predicted octanol–water partition coefficient (Wildman–Crippen LogP) is 3.17. The second-order valence-corrected chi connectivity index (χ2v) is 6.60. The van der Waals surface area contributed by atoms with Gasteiger partial charge in [0.05, 0.1) is 0 Å². The van der Waals surface area contributed by atoms with Gasteiger partial charge in [0.1, 0.15) is 0 Å². The van der Waals surface area contributed by atoms with E-state index in [1.165, 1.54) is 24.9 Å². The maximum absolute atomic E-state index is 4.39. The van der Waals surface area contributed by atoms with E-state index in [9.17, 15) is 0 Å². The molecule has 1 aliphatic rings. The van der Waals surface area contributed by atoms with Crippen molar-refractivity contribution in [1.82, 2.24) is 15.1 Å². The van der Waals surface area contributed by atoms with E-state index >= 15 is 0 Å². The normalized spacial score (nSPS) is 18.9. The van der Waals surface area contributed by atoms with Gasteiger partial charge in [-0.2, -0.15) is 0 Å². The van der Waals surface area contributed by atoms with Crippen molar-refractivity contribution in [3.8, 4) is 0 Å². The van der Waals surface area contributed by atoms with Gasteiger partial charge in [-0.25, -0.2) is 0 Å². The predicted molar refractivity (Wildman–Crippen MR) is 108 cm³/mol. The van der Waals surface area contributed by atoms with E-state index in [0.29, 0.717) is 6.04 Å². The minimum Gasteiger partial charge on any atom is -0.355 e. The lowest BCUT2D eigenvalue weighted by Crippen LogP contribution is -2.44. The van der Waals surface area contributed by atoms with Crippen molar-refractivity contribution >= 4 is 45.9 Å². The van der Waals surface area contributed by atoms with E-state index in [-0.39, 0.29) is 24.0 Å². The van der Waals surface area contributed by atoms with Gasteiger partial charge in [-0.15, -0.1) is 24.0 Å². The second kappa shape index (κ2) is 9.72. The smallest absolute Gasteiger partial charge is 0.193 e. The highest BCUT2D eigenvalue weighted by atomic mass is 127. The number of nitrogens with one attached hydrogen (secondary N) is 1. The molecule has 1 fully saturated rings. The van der Waals surface area contributed by atoms with Gasteiger partial charge in [-0.05, 0) is 44.1 Å². The molecule has 2 rings (SSSR count). The maximum atomic E-state index is 4.39. The van der Waals surface area contributed by atoms with E-state index in [2.05, 4.69) is 74.4 Å². The number of rotatable bonds is 4. The third-order valence-electron chi connectivity index (χ3n) is 4.07. The van der Waals surface area contributed by atoms with Gasteiger partial charge >= 0.3 is 0 Å². The first kappa shape index (κ1) is 19.7. The topological polar surface area (TPSA) is 30.9 Å². The average Bonchev–Trinajstić information content (AvgIpc) is 2.88. The zero-order chi connectivity index (χ0) is 15.2. The lowest BCUT2D eigenvalue weighted by molar-refractivity contribution is 0.306. The number of benzene rings is 1. The Morgan fingerprint density at radius 2 is 2.09 bits per heavy atom. The lowest BCUT2D eigenvalue weighted by Gasteiger charge is -2.25. The van der Waals surface area contributed by atoms with Crippen LogP contribution in [0.1, 0.15) is 18.4 Å². The SMILES string of the molecule is CN=C(NCC1CCCN1C)N(C)Cc1ccc(Br)cc1.I. The number of hydrogen-bond donors (Lipinski definition) is 1. The number of nitrogens with zero attached hydrogens (tertiary/aromatic N) is 3. The Balaban J connectivity index is 0.00000242. The van der Waals surface area contributed by atoms with Crippen molar-refractivity contribution in [2.75, 3.05) is 34.2 Å². The van der Waals surface area contributed by atoms with Crippen LogP contribution in [0.5, 0.6) is 0 Å². The number of hydrogen-bond acceptors (Lipinski definition) is 2. The van der Waals surface area contributed by atoms with E-state index in [0.717, 1.165) is 23.5 Å². The average molecular weight is 481 g/mol. The molecule has 1 aliphatic heterocycles. The summed E-state index contributed by atoms with van der Waals surface area (Å²) in [6.45, 7) is 3.03. The fourth-order valence-corrected chi connectivity index (χ4v) is 3.03. The highest BCUT2D eigenvalue weighted by Crippen LogP contribution is 2.14. The van der Waals surface area contributed by atoms with Crippen molar-refractivity contribution in [3.63, 3.8) is 0 Å². The first-order valence-corrected chi connectivity index (χ1v) is 8.26. The van der Waals surface area contributed by atoms with Gasteiger partial charge in [0.15, 0.2) is 5.96 Å². The molecule has 1 unspecified atom stereocenters. The van der Waals surface area contributed by atoms with Crippen LogP contribution in [0.3, 0.4) is 0 Å². The monoisotopic (exact) mass is 480 g/mol. The van der Waals surface area contributed by atoms with Gasteiger partial charge in [0.25, 0.3) is 0 Å². The van der Waals surface area contributed by atoms with Gasteiger partial charge in [-0.3, -0.25) is 4.99 Å². The van der Waals surface area contributed by atoms with Gasteiger partial charge in [0, 0.05) is 37.7 Å². The fourth-order valence-electron chi connectivity index (χ4n) is 2.77. The van der Waals surface area contributed by atoms with Crippen LogP contribution in [0, 0.1) is 0 Å². The molecule has 124 valence electrons. The Labute approximate surface area is 159 Å². The summed E-state index contributed by atoms with van der Waals surface area (Å²) < 4.78 is 1.11. The molecule has 1 N–H and O–H groups in total. The summed E-state index contributed by atoms with van der Waals surface area (Å²) in [6.07, 6.45) is 2.58. The lowest BCUT2D eigenvalue weighted by atomic mass is 10.2. The molecule has 0 amide bonds. The molecule has 0 bridgehead atoms. The first-order chi connectivity index (χ1) is 10.1. The zero-order valence-electron chi connectivity index (χ0n) is 13.6. The largest absolute Gasteiger partial charge is 0.355 e. The first-order valence-electron chi connectivity index (χ1n) is 7.46. The molecule has 1 heterocycles. The standard InChI is InChI=1S/C16H25BrN4.HI/c1-18-16(19-11-15-5-4-10-20(15)2)21(3)12-13-6-8-14(17)9-7-13;/h6-9,15H,4-5,10-12H2,1-3H3,(H,18,19);1H. The molecular formula is C16H26BrIN4. The highest BCUT2D eigenvalue weighted by molar-refractivity contribution is 14.0. The Bertz CT molecular complexity index is 478. The summed E-state index contributed by atoms with van der Waals surface area (Å²) >= 11 is 3.47. The number of halogens is 2. The van der Waals surface area contributed by atoms with E-state index < -0.39 is 0 Å². The van der Waals surface area contributed by atoms with Crippen molar-refractivity contribution in [1.29, 1.82) is 0 Å². The molecule has 1 aromatic carbocycles. The molecular weight excluding hydrogens is 455 g/mol. The Hall–Kier alpha value is -0.340. The minimum absolute atomic E-state index is 0. The molecule has 22 heavy (non-hydrogen) atoms. The van der Waals surface area contributed by atoms with Crippen molar-refractivity contribution in [2.45, 2.75) is 25.4 Å². The minimum atomic E-state index is 0. The molecule has 1 saturated heterocycles. The number of likely N-dealkylation sites (N-methyl/N-ethyl adjacent to an activating group) is 1. The molecule has 0 radical (unpaired) electrons. The summed E-state index contributed by atoms with van der Waals surface area (Å²) in [6, 6.07) is 9.06. The molecule has 0 aliphatic carbocycles. The van der Waals surface area contributed by atoms with Crippen LogP contribution in [0.25, 0.3) is 0 Å². The third-order valence-corrected chi connectivity index (χ3v) is 4.60. The van der Waals surface area contributed by atoms with Gasteiger partial charge in [-0.1, -0.05) is 28.1 Å². The van der Waals surface area contributed by atoms with Crippen LogP contribution in [0.15, 0.2) is 33.7 Å². The summed E-state index contributed by atoms with van der Waals surface area (Å²) in [4.78, 5) is 8.98. The summed E-state index contributed by atoms with van der Waals surface area (Å²) in [5.74, 6) is 0.957. The van der Waals surface area contributed by atoms with Crippen LogP contribution >= 0.6 is 39.9 Å². The molecule has 4 nitrogen and oxygen atoms in total. The van der Waals surface area contributed by atoms with Gasteiger partial charge in [0.2, 0.25) is 0 Å². The zero-order valence-corrected chi connectivity index (χ0v) is 17.5. The second-order valence-electron chi connectivity index (χ2n) is 5.69. The van der Waals surface area contributed by atoms with Crippen LogP contribution in [-0.2, 0) is 6.54 Å². The number of aliphatic imine (C=N–C) groups is 1. The van der Waals surface area contributed by atoms with Crippen LogP contribution in [0.4, 0.5) is 0 Å². The molecule has 1 atom stereocenters. The number of guanidine groups is 1. The quantitative estimate of drug-likeness (QED) is 0.408. The van der Waals surface area contributed by atoms with E-state index in [4.69, 9.17) is 0 Å². The number of likely N-dealkylation sites (tertiary alicyclic amines) is 1. The molecule has 6 heteroatoms. The molecule has 0 aromatic heterocycles. The summed E-state index contributed by atoms with van der Waals surface area (Å²) in [5, 5.41) is 3.50. The summed E-state index contributed by atoms with van der Waals surface area (Å²) in [5.41, 5.74) is 1.28. The third kappa shape index (κ3) is 5.70. The van der Waals surface area contributed by atoms with Crippen molar-refractivity contribution in [2.24, 2.45) is 4.99 Å². The fraction of sp³-hybridized carbons (Fsp3) is 0.562. The van der Waals surface area contributed by atoms with Crippen molar-refractivity contribution < 1.29 is 0 Å². The van der Waals surface area contributed by atoms with Gasteiger partial charge < -0.3 is 15.1 Å². The van der Waals surface area contributed by atoms with Crippen LogP contribution in [-0.4, -0.2) is 56.0 Å². The Morgan fingerprint density at radius 3 is 2.64 bits per heavy atom. The highest BCUT2D eigenvalue weighted by Gasteiger charge is 2.21. The van der Waals surface area contributed by atoms with E-state index in [1.54, 1.807) is 0 Å². The summed E-state index contributed by atoms with van der Waals surface area (Å²) in [7, 11) is 6.13. The van der Waals surface area contributed by atoms with Crippen molar-refractivity contribution in [3.05, 3.63) is 34.3 Å². The molecule has 0 spiro atoms. The maximum Gasteiger partial charge on any atom is 0.193 e. The Kier molecular flexibility index (Phi) is 8.71. The Morgan fingerprint density at radius 1 is 1.41 bits per heavy atom. The molecule has 0 saturated carbocycles. The molecule has 1 aromatic rings.